The first-order valence-electron chi connectivity index (χ1n) is 7.27. The van der Waals surface area contributed by atoms with Crippen molar-refractivity contribution in [2.24, 2.45) is 0 Å². The van der Waals surface area contributed by atoms with E-state index in [0.29, 0.717) is 18.0 Å². The van der Waals surface area contributed by atoms with Gasteiger partial charge in [-0.1, -0.05) is 41.0 Å². The fourth-order valence-corrected chi connectivity index (χ4v) is 3.78. The van der Waals surface area contributed by atoms with E-state index >= 15 is 0 Å². The molecule has 1 aromatic rings. The number of hydrogen-bond acceptors (Lipinski definition) is 2. The quantitative estimate of drug-likeness (QED) is 0.782. The summed E-state index contributed by atoms with van der Waals surface area (Å²) in [5, 5.41) is 0. The minimum atomic E-state index is -3.44. The van der Waals surface area contributed by atoms with Crippen LogP contribution in [-0.4, -0.2) is 25.8 Å². The Balaban J connectivity index is 2.35. The summed E-state index contributed by atoms with van der Waals surface area (Å²) in [6.45, 7) is 6.91. The number of hydrogen-bond donors (Lipinski definition) is 0. The zero-order chi connectivity index (χ0) is 15.5. The smallest absolute Gasteiger partial charge is 0.207 e. The van der Waals surface area contributed by atoms with E-state index in [0.717, 1.165) is 24.0 Å². The molecule has 0 amide bonds. The van der Waals surface area contributed by atoms with Gasteiger partial charge in [0.25, 0.3) is 0 Å². The maximum absolute atomic E-state index is 12.8. The van der Waals surface area contributed by atoms with Crippen molar-refractivity contribution in [2.75, 3.05) is 13.1 Å². The molecular formula is C17H23NO2S. The van der Waals surface area contributed by atoms with Gasteiger partial charge in [0.05, 0.1) is 4.90 Å². The zero-order valence-corrected chi connectivity index (χ0v) is 13.8. The van der Waals surface area contributed by atoms with Gasteiger partial charge in [0.2, 0.25) is 10.0 Å². The van der Waals surface area contributed by atoms with Gasteiger partial charge in [-0.3, -0.25) is 0 Å². The van der Waals surface area contributed by atoms with E-state index in [1.54, 1.807) is 16.4 Å². The van der Waals surface area contributed by atoms with E-state index < -0.39 is 10.0 Å². The van der Waals surface area contributed by atoms with E-state index in [9.17, 15) is 8.42 Å². The number of benzene rings is 1. The topological polar surface area (TPSA) is 37.4 Å². The van der Waals surface area contributed by atoms with Crippen molar-refractivity contribution in [1.82, 2.24) is 4.31 Å². The largest absolute Gasteiger partial charge is 0.243 e. The van der Waals surface area contributed by atoms with E-state index in [4.69, 9.17) is 0 Å². The highest BCUT2D eigenvalue weighted by molar-refractivity contribution is 7.89. The normalized spacial score (nSPS) is 23.2. The van der Waals surface area contributed by atoms with Gasteiger partial charge >= 0.3 is 0 Å². The molecule has 1 aliphatic rings. The van der Waals surface area contributed by atoms with Gasteiger partial charge in [-0.2, -0.15) is 4.31 Å². The van der Waals surface area contributed by atoms with Crippen LogP contribution in [0.15, 0.2) is 52.5 Å². The van der Waals surface area contributed by atoms with Crippen molar-refractivity contribution in [1.29, 1.82) is 0 Å². The Morgan fingerprint density at radius 2 is 1.62 bits per heavy atom. The molecule has 0 atom stereocenters. The van der Waals surface area contributed by atoms with Crippen molar-refractivity contribution in [3.05, 3.63) is 53.1 Å². The monoisotopic (exact) mass is 305 g/mol. The molecule has 0 spiro atoms. The molecule has 3 nitrogen and oxygen atoms in total. The third-order valence-corrected chi connectivity index (χ3v) is 5.59. The minimum Gasteiger partial charge on any atom is -0.207 e. The van der Waals surface area contributed by atoms with Crippen LogP contribution in [0.25, 0.3) is 0 Å². The van der Waals surface area contributed by atoms with Crippen molar-refractivity contribution < 1.29 is 8.42 Å². The molecular weight excluding hydrogens is 282 g/mol. The maximum atomic E-state index is 12.8. The van der Waals surface area contributed by atoms with Crippen LogP contribution in [0.1, 0.15) is 32.3 Å². The van der Waals surface area contributed by atoms with E-state index in [-0.39, 0.29) is 0 Å². The summed E-state index contributed by atoms with van der Waals surface area (Å²) >= 11 is 0. The second-order valence-corrected chi connectivity index (χ2v) is 7.69. The molecule has 0 N–H and O–H groups in total. The Morgan fingerprint density at radius 3 is 2.29 bits per heavy atom. The SMILES string of the molecule is C/C1=C\CN(S(=O)(=O)c2ccc(C)cc2)C/C(C)=C/CC1. The molecule has 4 heteroatoms. The summed E-state index contributed by atoms with van der Waals surface area (Å²) in [7, 11) is -3.44. The van der Waals surface area contributed by atoms with Crippen molar-refractivity contribution in [2.45, 2.75) is 38.5 Å². The number of allylic oxidation sites excluding steroid dienone is 2. The van der Waals surface area contributed by atoms with Crippen molar-refractivity contribution >= 4 is 10.0 Å². The molecule has 2 rings (SSSR count). The Hall–Kier alpha value is -1.39. The van der Waals surface area contributed by atoms with Gasteiger partial charge in [0.15, 0.2) is 0 Å². The van der Waals surface area contributed by atoms with Crippen LogP contribution in [0.3, 0.4) is 0 Å². The van der Waals surface area contributed by atoms with Crippen LogP contribution in [0, 0.1) is 6.92 Å². The lowest BCUT2D eigenvalue weighted by Crippen LogP contribution is -2.32. The third kappa shape index (κ3) is 4.05. The second-order valence-electron chi connectivity index (χ2n) is 5.75. The van der Waals surface area contributed by atoms with E-state index in [2.05, 4.69) is 13.0 Å². The van der Waals surface area contributed by atoms with Gasteiger partial charge in [-0.05, 0) is 45.7 Å². The number of nitrogens with zero attached hydrogens (tertiary/aromatic N) is 1. The molecule has 0 radical (unpaired) electrons. The van der Waals surface area contributed by atoms with E-state index in [1.807, 2.05) is 32.1 Å². The molecule has 1 heterocycles. The average Bonchev–Trinajstić information content (AvgIpc) is 2.51. The van der Waals surface area contributed by atoms with E-state index in [1.165, 1.54) is 5.57 Å². The zero-order valence-electron chi connectivity index (χ0n) is 13.0. The first-order chi connectivity index (χ1) is 9.89. The highest BCUT2D eigenvalue weighted by Crippen LogP contribution is 2.20. The summed E-state index contributed by atoms with van der Waals surface area (Å²) in [5.74, 6) is 0. The lowest BCUT2D eigenvalue weighted by molar-refractivity contribution is 0.466. The Bertz CT molecular complexity index is 655. The van der Waals surface area contributed by atoms with Crippen LogP contribution < -0.4 is 0 Å². The molecule has 0 fully saturated rings. The fraction of sp³-hybridized carbons (Fsp3) is 0.412. The number of rotatable bonds is 2. The van der Waals surface area contributed by atoms with Gasteiger partial charge in [-0.15, -0.1) is 0 Å². The van der Waals surface area contributed by atoms with Crippen LogP contribution >= 0.6 is 0 Å². The molecule has 0 aliphatic carbocycles. The molecule has 0 bridgehead atoms. The molecule has 1 aromatic carbocycles. The molecule has 0 saturated carbocycles. The number of sulfonamides is 1. The molecule has 21 heavy (non-hydrogen) atoms. The first-order valence-corrected chi connectivity index (χ1v) is 8.71. The van der Waals surface area contributed by atoms with Crippen molar-refractivity contribution in [3.63, 3.8) is 0 Å². The molecule has 0 saturated heterocycles. The highest BCUT2D eigenvalue weighted by atomic mass is 32.2. The van der Waals surface area contributed by atoms with Crippen LogP contribution in [0.4, 0.5) is 0 Å². The fourth-order valence-electron chi connectivity index (χ4n) is 2.36. The molecule has 1 aliphatic heterocycles. The predicted molar refractivity (Wildman–Crippen MR) is 86.7 cm³/mol. The van der Waals surface area contributed by atoms with Crippen LogP contribution in [-0.2, 0) is 10.0 Å². The average molecular weight is 305 g/mol. The molecule has 114 valence electrons. The lowest BCUT2D eigenvalue weighted by Gasteiger charge is -2.21. The Kier molecular flexibility index (Phi) is 5.01. The summed E-state index contributed by atoms with van der Waals surface area (Å²) in [6.07, 6.45) is 6.14. The Morgan fingerprint density at radius 1 is 0.952 bits per heavy atom. The van der Waals surface area contributed by atoms with Gasteiger partial charge < -0.3 is 0 Å². The molecule has 0 aromatic heterocycles. The van der Waals surface area contributed by atoms with Crippen LogP contribution in [0.2, 0.25) is 0 Å². The predicted octanol–water partition coefficient (Wildman–Crippen LogP) is 3.67. The summed E-state index contributed by atoms with van der Waals surface area (Å²) in [4.78, 5) is 0.367. The number of aryl methyl sites for hydroxylation is 1. The summed E-state index contributed by atoms with van der Waals surface area (Å²) in [6, 6.07) is 7.06. The Labute approximate surface area is 128 Å². The third-order valence-electron chi connectivity index (χ3n) is 3.76. The van der Waals surface area contributed by atoms with Crippen LogP contribution in [0.5, 0.6) is 0 Å². The first kappa shape index (κ1) is 16.0. The van der Waals surface area contributed by atoms with Gasteiger partial charge in [-0.25, -0.2) is 8.42 Å². The minimum absolute atomic E-state index is 0.367. The summed E-state index contributed by atoms with van der Waals surface area (Å²) < 4.78 is 27.1. The standard InChI is InChI=1S/C17H23NO2S/c1-14-5-4-6-16(3)13-18(12-11-14)21(19,20)17-9-7-15(2)8-10-17/h6-11H,4-5,12-13H2,1-3H3/b14-11+,16-6+. The summed E-state index contributed by atoms with van der Waals surface area (Å²) in [5.41, 5.74) is 3.41. The maximum Gasteiger partial charge on any atom is 0.243 e. The lowest BCUT2D eigenvalue weighted by atomic mass is 10.1. The van der Waals surface area contributed by atoms with Gasteiger partial charge in [0, 0.05) is 13.1 Å². The second kappa shape index (κ2) is 6.58. The molecule has 0 unspecified atom stereocenters. The van der Waals surface area contributed by atoms with Gasteiger partial charge in [0.1, 0.15) is 0 Å². The highest BCUT2D eigenvalue weighted by Gasteiger charge is 2.24. The van der Waals surface area contributed by atoms with Crippen molar-refractivity contribution in [3.8, 4) is 0 Å².